The van der Waals surface area contributed by atoms with E-state index in [1.165, 1.54) is 17.4 Å². The number of rotatable bonds is 5. The molecule has 7 nitrogen and oxygen atoms in total. The van der Waals surface area contributed by atoms with Crippen molar-refractivity contribution in [3.63, 3.8) is 0 Å². The van der Waals surface area contributed by atoms with Crippen LogP contribution in [-0.2, 0) is 24.7 Å². The number of carbonyl (C=O) groups is 1. The van der Waals surface area contributed by atoms with Crippen LogP contribution in [-0.4, -0.2) is 58.2 Å². The molecule has 0 atom stereocenters. The quantitative estimate of drug-likeness (QED) is 0.782. The molecule has 0 radical (unpaired) electrons. The molecule has 0 aliphatic carbocycles. The maximum atomic E-state index is 12.8. The van der Waals surface area contributed by atoms with Gasteiger partial charge < -0.3 is 5.32 Å². The van der Waals surface area contributed by atoms with E-state index in [4.69, 9.17) is 11.6 Å². The second-order valence-electron chi connectivity index (χ2n) is 5.99. The van der Waals surface area contributed by atoms with E-state index in [2.05, 4.69) is 5.32 Å². The van der Waals surface area contributed by atoms with Crippen LogP contribution in [0.4, 0.5) is 0 Å². The first-order chi connectivity index (χ1) is 11.6. The molecule has 0 spiro atoms. The summed E-state index contributed by atoms with van der Waals surface area (Å²) in [7, 11) is -5.96. The zero-order chi connectivity index (χ0) is 18.8. The van der Waals surface area contributed by atoms with Gasteiger partial charge in [-0.05, 0) is 37.5 Å². The van der Waals surface area contributed by atoms with E-state index in [1.807, 2.05) is 0 Å². The van der Waals surface area contributed by atoms with Crippen molar-refractivity contribution < 1.29 is 21.6 Å². The number of hydrogen-bond acceptors (Lipinski definition) is 5. The molecule has 1 aromatic rings. The van der Waals surface area contributed by atoms with E-state index in [9.17, 15) is 21.6 Å². The van der Waals surface area contributed by atoms with Crippen LogP contribution in [0.25, 0.3) is 0 Å². The van der Waals surface area contributed by atoms with Crippen LogP contribution >= 0.6 is 11.6 Å². The molecule has 1 aliphatic heterocycles. The predicted molar refractivity (Wildman–Crippen MR) is 95.8 cm³/mol. The van der Waals surface area contributed by atoms with Crippen LogP contribution in [0, 0.1) is 6.92 Å². The minimum absolute atomic E-state index is 0.0892. The zero-order valence-corrected chi connectivity index (χ0v) is 16.4. The number of aryl methyl sites for hydroxylation is 1. The summed E-state index contributed by atoms with van der Waals surface area (Å²) in [5, 5.41) is 1.90. The van der Waals surface area contributed by atoms with Crippen LogP contribution in [0.5, 0.6) is 0 Å². The van der Waals surface area contributed by atoms with Gasteiger partial charge in [0.2, 0.25) is 15.9 Å². The Kier molecular flexibility index (Phi) is 6.13. The smallest absolute Gasteiger partial charge is 0.243 e. The first kappa shape index (κ1) is 20.2. The SMILES string of the molecule is CNC(=O)CS(=O)(=O)C1CCN(S(=O)(=O)c2cc(Cl)ccc2C)CC1. The van der Waals surface area contributed by atoms with Crippen LogP contribution in [0.3, 0.4) is 0 Å². The van der Waals surface area contributed by atoms with Gasteiger partial charge in [-0.2, -0.15) is 4.31 Å². The van der Waals surface area contributed by atoms with Crippen molar-refractivity contribution in [3.8, 4) is 0 Å². The number of nitrogens with zero attached hydrogens (tertiary/aromatic N) is 1. The molecule has 25 heavy (non-hydrogen) atoms. The lowest BCUT2D eigenvalue weighted by Gasteiger charge is -2.31. The van der Waals surface area contributed by atoms with E-state index in [0.29, 0.717) is 10.6 Å². The molecule has 1 saturated heterocycles. The Labute approximate surface area is 153 Å². The number of hydrogen-bond donors (Lipinski definition) is 1. The Morgan fingerprint density at radius 1 is 1.24 bits per heavy atom. The summed E-state index contributed by atoms with van der Waals surface area (Å²) < 4.78 is 51.3. The molecule has 0 aromatic heterocycles. The summed E-state index contributed by atoms with van der Waals surface area (Å²) in [5.74, 6) is -1.14. The lowest BCUT2D eigenvalue weighted by atomic mass is 10.2. The topological polar surface area (TPSA) is 101 Å². The highest BCUT2D eigenvalue weighted by atomic mass is 35.5. The van der Waals surface area contributed by atoms with E-state index in [0.717, 1.165) is 0 Å². The normalized spacial score (nSPS) is 17.4. The van der Waals surface area contributed by atoms with Crippen LogP contribution < -0.4 is 5.32 Å². The van der Waals surface area contributed by atoms with Crippen molar-refractivity contribution in [3.05, 3.63) is 28.8 Å². The van der Waals surface area contributed by atoms with E-state index < -0.39 is 36.8 Å². The molecule has 10 heteroatoms. The first-order valence-electron chi connectivity index (χ1n) is 7.76. The van der Waals surface area contributed by atoms with E-state index in [1.54, 1.807) is 19.1 Å². The number of benzene rings is 1. The highest BCUT2D eigenvalue weighted by Gasteiger charge is 2.36. The number of amides is 1. The van der Waals surface area contributed by atoms with Gasteiger partial charge in [0.15, 0.2) is 9.84 Å². The molecule has 0 bridgehead atoms. The summed E-state index contributed by atoms with van der Waals surface area (Å²) in [6, 6.07) is 4.66. The van der Waals surface area contributed by atoms with Gasteiger partial charge >= 0.3 is 0 Å². The maximum absolute atomic E-state index is 12.8. The number of nitrogens with one attached hydrogen (secondary N) is 1. The first-order valence-corrected chi connectivity index (χ1v) is 11.3. The Balaban J connectivity index is 2.14. The third-order valence-corrected chi connectivity index (χ3v) is 8.72. The largest absolute Gasteiger partial charge is 0.358 e. The molecular formula is C15H21ClN2O5S2. The minimum Gasteiger partial charge on any atom is -0.358 e. The van der Waals surface area contributed by atoms with Crippen molar-refractivity contribution in [2.45, 2.75) is 29.9 Å². The van der Waals surface area contributed by atoms with Crippen molar-refractivity contribution in [2.24, 2.45) is 0 Å². The average Bonchev–Trinajstić information content (AvgIpc) is 2.56. The third kappa shape index (κ3) is 4.52. The number of carbonyl (C=O) groups excluding carboxylic acids is 1. The molecule has 1 aromatic carbocycles. The minimum atomic E-state index is -3.74. The molecule has 0 saturated carbocycles. The lowest BCUT2D eigenvalue weighted by molar-refractivity contribution is -0.118. The van der Waals surface area contributed by atoms with Gasteiger partial charge in [-0.15, -0.1) is 0 Å². The Morgan fingerprint density at radius 2 is 1.84 bits per heavy atom. The highest BCUT2D eigenvalue weighted by molar-refractivity contribution is 7.92. The van der Waals surface area contributed by atoms with Gasteiger partial charge in [-0.25, -0.2) is 16.8 Å². The van der Waals surface area contributed by atoms with Gasteiger partial charge in [-0.1, -0.05) is 17.7 Å². The number of sulfonamides is 1. The van der Waals surface area contributed by atoms with Crippen molar-refractivity contribution in [2.75, 3.05) is 25.9 Å². The van der Waals surface area contributed by atoms with Gasteiger partial charge in [0.1, 0.15) is 5.75 Å². The Bertz CT molecular complexity index is 860. The lowest BCUT2D eigenvalue weighted by Crippen LogP contribution is -2.44. The number of piperidine rings is 1. The number of sulfone groups is 1. The summed E-state index contributed by atoms with van der Waals surface area (Å²) in [6.45, 7) is 1.86. The molecule has 1 fully saturated rings. The average molecular weight is 409 g/mol. The van der Waals surface area contributed by atoms with Gasteiger partial charge in [0.05, 0.1) is 10.1 Å². The molecule has 0 unspecified atom stereocenters. The fourth-order valence-electron chi connectivity index (χ4n) is 2.80. The Hall–Kier alpha value is -1.16. The van der Waals surface area contributed by atoms with Crippen molar-refractivity contribution in [1.29, 1.82) is 0 Å². The second-order valence-corrected chi connectivity index (χ2v) is 10.6. The highest BCUT2D eigenvalue weighted by Crippen LogP contribution is 2.27. The molecule has 140 valence electrons. The van der Waals surface area contributed by atoms with Crippen LogP contribution in [0.2, 0.25) is 5.02 Å². The number of halogens is 1. The van der Waals surface area contributed by atoms with Crippen molar-refractivity contribution in [1.82, 2.24) is 9.62 Å². The van der Waals surface area contributed by atoms with Crippen LogP contribution in [0.1, 0.15) is 18.4 Å². The van der Waals surface area contributed by atoms with E-state index >= 15 is 0 Å². The molecule has 1 N–H and O–H groups in total. The summed E-state index contributed by atoms with van der Waals surface area (Å²) in [5.41, 5.74) is 0.582. The van der Waals surface area contributed by atoms with Crippen molar-refractivity contribution >= 4 is 37.4 Å². The monoisotopic (exact) mass is 408 g/mol. The molecular weight excluding hydrogens is 388 g/mol. The van der Waals surface area contributed by atoms with Gasteiger partial charge in [0, 0.05) is 25.2 Å². The predicted octanol–water partition coefficient (Wildman–Crippen LogP) is 0.962. The second kappa shape index (κ2) is 7.61. The van der Waals surface area contributed by atoms with Gasteiger partial charge in [-0.3, -0.25) is 4.79 Å². The fraction of sp³-hybridized carbons (Fsp3) is 0.533. The molecule has 1 amide bonds. The zero-order valence-electron chi connectivity index (χ0n) is 14.0. The standard InChI is InChI=1S/C15H21ClN2O5S2/c1-11-3-4-12(16)9-14(11)25(22,23)18-7-5-13(6-8-18)24(20,21)10-15(19)17-2/h3-4,9,13H,5-8,10H2,1-2H3,(H,17,19). The fourth-order valence-corrected chi connectivity index (χ4v) is 6.43. The maximum Gasteiger partial charge on any atom is 0.243 e. The summed E-state index contributed by atoms with van der Waals surface area (Å²) >= 11 is 5.91. The summed E-state index contributed by atoms with van der Waals surface area (Å²) in [4.78, 5) is 11.5. The third-order valence-electron chi connectivity index (χ3n) is 4.29. The molecule has 1 aliphatic rings. The molecule has 2 rings (SSSR count). The van der Waals surface area contributed by atoms with Gasteiger partial charge in [0.25, 0.3) is 0 Å². The van der Waals surface area contributed by atoms with E-state index in [-0.39, 0.29) is 30.8 Å². The Morgan fingerprint density at radius 3 is 2.40 bits per heavy atom. The van der Waals surface area contributed by atoms with Crippen LogP contribution in [0.15, 0.2) is 23.1 Å². The molecule has 1 heterocycles. The summed E-state index contributed by atoms with van der Waals surface area (Å²) in [6.07, 6.45) is 0.330.